The SMILES string of the molecule is C=C(C)Cn1c(C(=O)N2CCCC2)nnc1N1C[C@H]2CCCC[C@H]2C1. The fourth-order valence-electron chi connectivity index (χ4n) is 4.73. The van der Waals surface area contributed by atoms with Gasteiger partial charge in [0.15, 0.2) is 0 Å². The monoisotopic (exact) mass is 343 g/mol. The van der Waals surface area contributed by atoms with E-state index >= 15 is 0 Å². The van der Waals surface area contributed by atoms with E-state index in [1.165, 1.54) is 25.7 Å². The number of hydrogen-bond acceptors (Lipinski definition) is 4. The normalized spacial score (nSPS) is 26.1. The molecule has 1 aliphatic carbocycles. The van der Waals surface area contributed by atoms with Crippen LogP contribution in [0.25, 0.3) is 0 Å². The van der Waals surface area contributed by atoms with Gasteiger partial charge in [-0.2, -0.15) is 0 Å². The van der Waals surface area contributed by atoms with Crippen molar-refractivity contribution < 1.29 is 4.79 Å². The van der Waals surface area contributed by atoms with Gasteiger partial charge in [-0.25, -0.2) is 0 Å². The number of carbonyl (C=O) groups excluding carboxylic acids is 1. The number of aromatic nitrogens is 3. The van der Waals surface area contributed by atoms with Crippen molar-refractivity contribution in [1.82, 2.24) is 19.7 Å². The van der Waals surface area contributed by atoms with Gasteiger partial charge in [0.05, 0.1) is 0 Å². The molecule has 1 saturated carbocycles. The van der Waals surface area contributed by atoms with Crippen molar-refractivity contribution in [2.75, 3.05) is 31.1 Å². The van der Waals surface area contributed by atoms with Crippen molar-refractivity contribution in [3.05, 3.63) is 18.0 Å². The van der Waals surface area contributed by atoms with Crippen LogP contribution in [0.1, 0.15) is 56.1 Å². The number of amides is 1. The van der Waals surface area contributed by atoms with Crippen LogP contribution in [0.3, 0.4) is 0 Å². The van der Waals surface area contributed by atoms with E-state index in [2.05, 4.69) is 21.7 Å². The van der Waals surface area contributed by atoms with Gasteiger partial charge in [0, 0.05) is 32.7 Å². The molecule has 2 aliphatic heterocycles. The summed E-state index contributed by atoms with van der Waals surface area (Å²) in [5.74, 6) is 2.92. The van der Waals surface area contributed by atoms with Gasteiger partial charge in [0.1, 0.15) is 0 Å². The largest absolute Gasteiger partial charge is 0.340 e. The van der Waals surface area contributed by atoms with Gasteiger partial charge in [-0.1, -0.05) is 25.0 Å². The Bertz CT molecular complexity index is 647. The van der Waals surface area contributed by atoms with Crippen LogP contribution < -0.4 is 4.90 Å². The molecular weight excluding hydrogens is 314 g/mol. The highest BCUT2D eigenvalue weighted by Crippen LogP contribution is 2.37. The first kappa shape index (κ1) is 16.6. The number of allylic oxidation sites excluding steroid dienone is 1. The van der Waals surface area contributed by atoms with E-state index in [1.807, 2.05) is 16.4 Å². The van der Waals surface area contributed by atoms with E-state index in [4.69, 9.17) is 0 Å². The first-order valence-corrected chi connectivity index (χ1v) is 9.75. The first-order chi connectivity index (χ1) is 12.1. The summed E-state index contributed by atoms with van der Waals surface area (Å²) in [6.07, 6.45) is 7.54. The summed E-state index contributed by atoms with van der Waals surface area (Å²) in [5, 5.41) is 8.77. The number of likely N-dealkylation sites (tertiary alicyclic amines) is 1. The maximum atomic E-state index is 12.9. The Balaban J connectivity index is 1.61. The molecule has 3 heterocycles. The number of rotatable bonds is 4. The highest BCUT2D eigenvalue weighted by Gasteiger charge is 2.37. The summed E-state index contributed by atoms with van der Waals surface area (Å²) in [6.45, 7) is 10.4. The van der Waals surface area contributed by atoms with E-state index < -0.39 is 0 Å². The summed E-state index contributed by atoms with van der Waals surface area (Å²) >= 11 is 0. The molecule has 25 heavy (non-hydrogen) atoms. The smallest absolute Gasteiger partial charge is 0.291 e. The molecule has 0 radical (unpaired) electrons. The molecule has 0 aromatic carbocycles. The number of hydrogen-bond donors (Lipinski definition) is 0. The predicted octanol–water partition coefficient (Wildman–Crippen LogP) is 2.72. The molecule has 2 atom stereocenters. The molecule has 0 unspecified atom stereocenters. The lowest BCUT2D eigenvalue weighted by Gasteiger charge is -2.22. The molecule has 1 aromatic heterocycles. The zero-order chi connectivity index (χ0) is 17.4. The molecule has 6 nitrogen and oxygen atoms in total. The van der Waals surface area contributed by atoms with Gasteiger partial charge in [0.2, 0.25) is 11.8 Å². The van der Waals surface area contributed by atoms with Gasteiger partial charge >= 0.3 is 0 Å². The highest BCUT2D eigenvalue weighted by atomic mass is 16.2. The van der Waals surface area contributed by atoms with Crippen LogP contribution in [-0.2, 0) is 6.54 Å². The third kappa shape index (κ3) is 3.18. The van der Waals surface area contributed by atoms with Gasteiger partial charge in [-0.15, -0.1) is 10.2 Å². The van der Waals surface area contributed by atoms with Crippen LogP contribution in [0.5, 0.6) is 0 Å². The number of carbonyl (C=O) groups is 1. The van der Waals surface area contributed by atoms with Gasteiger partial charge in [0.25, 0.3) is 5.91 Å². The third-order valence-corrected chi connectivity index (χ3v) is 6.00. The summed E-state index contributed by atoms with van der Waals surface area (Å²) in [7, 11) is 0. The highest BCUT2D eigenvalue weighted by molar-refractivity contribution is 5.91. The minimum Gasteiger partial charge on any atom is -0.340 e. The Hall–Kier alpha value is -1.85. The van der Waals surface area contributed by atoms with E-state index in [0.717, 1.165) is 62.4 Å². The van der Waals surface area contributed by atoms with Crippen molar-refractivity contribution in [2.24, 2.45) is 11.8 Å². The van der Waals surface area contributed by atoms with Crippen molar-refractivity contribution in [2.45, 2.75) is 52.0 Å². The van der Waals surface area contributed by atoms with E-state index in [0.29, 0.717) is 12.4 Å². The standard InChI is InChI=1S/C19H29N5O/c1-14(2)11-24-17(18(25)22-9-5-6-10-22)20-21-19(24)23-12-15-7-3-4-8-16(15)13-23/h15-16H,1,3-13H2,2H3/t15-,16+. The summed E-state index contributed by atoms with van der Waals surface area (Å²) in [5.41, 5.74) is 1.02. The molecule has 1 aromatic rings. The zero-order valence-corrected chi connectivity index (χ0v) is 15.3. The minimum absolute atomic E-state index is 0.0223. The summed E-state index contributed by atoms with van der Waals surface area (Å²) in [4.78, 5) is 17.2. The predicted molar refractivity (Wildman–Crippen MR) is 97.6 cm³/mol. The maximum absolute atomic E-state index is 12.9. The molecule has 1 amide bonds. The second kappa shape index (κ2) is 6.81. The Morgan fingerprint density at radius 1 is 1.08 bits per heavy atom. The maximum Gasteiger partial charge on any atom is 0.291 e. The van der Waals surface area contributed by atoms with Crippen molar-refractivity contribution >= 4 is 11.9 Å². The van der Waals surface area contributed by atoms with E-state index in [1.54, 1.807) is 0 Å². The summed E-state index contributed by atoms with van der Waals surface area (Å²) in [6, 6.07) is 0. The van der Waals surface area contributed by atoms with E-state index in [9.17, 15) is 4.79 Å². The van der Waals surface area contributed by atoms with Crippen molar-refractivity contribution in [3.63, 3.8) is 0 Å². The average Bonchev–Trinajstić information content (AvgIpc) is 3.32. The van der Waals surface area contributed by atoms with Crippen molar-refractivity contribution in [3.8, 4) is 0 Å². The topological polar surface area (TPSA) is 54.3 Å². The fraction of sp³-hybridized carbons (Fsp3) is 0.737. The number of nitrogens with zero attached hydrogens (tertiary/aromatic N) is 5. The average molecular weight is 343 g/mol. The molecule has 6 heteroatoms. The fourth-order valence-corrected chi connectivity index (χ4v) is 4.73. The minimum atomic E-state index is 0.0223. The molecule has 2 saturated heterocycles. The van der Waals surface area contributed by atoms with Gasteiger partial charge in [-0.05, 0) is 44.4 Å². The second-order valence-corrected chi connectivity index (χ2v) is 8.08. The second-order valence-electron chi connectivity index (χ2n) is 8.08. The number of fused-ring (bicyclic) bond motifs is 1. The third-order valence-electron chi connectivity index (χ3n) is 6.00. The molecule has 136 valence electrons. The van der Waals surface area contributed by atoms with Crippen LogP contribution in [0, 0.1) is 11.8 Å². The van der Waals surface area contributed by atoms with E-state index in [-0.39, 0.29) is 5.91 Å². The Kier molecular flexibility index (Phi) is 4.52. The lowest BCUT2D eigenvalue weighted by atomic mass is 9.82. The lowest BCUT2D eigenvalue weighted by molar-refractivity contribution is 0.0776. The van der Waals surface area contributed by atoms with Crippen LogP contribution >= 0.6 is 0 Å². The zero-order valence-electron chi connectivity index (χ0n) is 15.3. The Labute approximate surface area is 149 Å². The van der Waals surface area contributed by atoms with Crippen LogP contribution in [0.4, 0.5) is 5.95 Å². The number of anilines is 1. The quantitative estimate of drug-likeness (QED) is 0.789. The van der Waals surface area contributed by atoms with Crippen LogP contribution in [0.15, 0.2) is 12.2 Å². The first-order valence-electron chi connectivity index (χ1n) is 9.75. The van der Waals surface area contributed by atoms with Crippen LogP contribution in [0.2, 0.25) is 0 Å². The Morgan fingerprint density at radius 2 is 1.72 bits per heavy atom. The molecule has 4 rings (SSSR count). The molecule has 3 aliphatic rings. The molecular formula is C19H29N5O. The summed E-state index contributed by atoms with van der Waals surface area (Å²) < 4.78 is 2.00. The Morgan fingerprint density at radius 3 is 2.32 bits per heavy atom. The molecule has 0 bridgehead atoms. The van der Waals surface area contributed by atoms with Crippen LogP contribution in [-0.4, -0.2) is 51.8 Å². The molecule has 3 fully saturated rings. The van der Waals surface area contributed by atoms with Crippen molar-refractivity contribution in [1.29, 1.82) is 0 Å². The lowest BCUT2D eigenvalue weighted by Crippen LogP contribution is -2.31. The molecule has 0 spiro atoms. The molecule has 0 N–H and O–H groups in total. The van der Waals surface area contributed by atoms with Gasteiger partial charge < -0.3 is 9.80 Å². The van der Waals surface area contributed by atoms with Gasteiger partial charge in [-0.3, -0.25) is 9.36 Å².